The van der Waals surface area contributed by atoms with Crippen LogP contribution in [0.15, 0.2) is 29.2 Å². The number of sulfone groups is 1. The number of carbonyl (C=O) groups is 2. The predicted octanol–water partition coefficient (Wildman–Crippen LogP) is -0.338. The van der Waals surface area contributed by atoms with E-state index in [9.17, 15) is 27.5 Å². The van der Waals surface area contributed by atoms with Crippen LogP contribution in [0.25, 0.3) is 0 Å². The van der Waals surface area contributed by atoms with Crippen LogP contribution in [0.5, 0.6) is 0 Å². The van der Waals surface area contributed by atoms with Gasteiger partial charge in [-0.15, -0.1) is 0 Å². The SMILES string of the molecule is CS(=O)(=O)c1ccc([C@H](O)[C@@H](CF)NC(=O)C(=O)O)cc1. The zero-order valence-corrected chi connectivity index (χ0v) is 11.8. The first-order valence-electron chi connectivity index (χ1n) is 5.74. The number of rotatable bonds is 5. The smallest absolute Gasteiger partial charge is 0.394 e. The Balaban J connectivity index is 2.92. The molecule has 116 valence electrons. The lowest BCUT2D eigenvalue weighted by atomic mass is 10.0. The normalized spacial score (nSPS) is 14.2. The van der Waals surface area contributed by atoms with E-state index >= 15 is 0 Å². The van der Waals surface area contributed by atoms with Crippen molar-refractivity contribution in [3.05, 3.63) is 29.8 Å². The minimum absolute atomic E-state index is 0.0184. The van der Waals surface area contributed by atoms with Crippen LogP contribution in [0.2, 0.25) is 0 Å². The molecule has 0 spiro atoms. The van der Waals surface area contributed by atoms with Gasteiger partial charge in [0.05, 0.1) is 10.9 Å². The molecule has 9 heteroatoms. The summed E-state index contributed by atoms with van der Waals surface area (Å²) in [6.45, 7) is -1.19. The maximum absolute atomic E-state index is 12.8. The Morgan fingerprint density at radius 3 is 2.19 bits per heavy atom. The molecular formula is C12H14FNO6S. The van der Waals surface area contributed by atoms with Crippen LogP contribution in [-0.4, -0.2) is 49.5 Å². The highest BCUT2D eigenvalue weighted by atomic mass is 32.2. The lowest BCUT2D eigenvalue weighted by Gasteiger charge is -2.21. The molecule has 7 nitrogen and oxygen atoms in total. The van der Waals surface area contributed by atoms with Gasteiger partial charge in [0.2, 0.25) is 0 Å². The van der Waals surface area contributed by atoms with Gasteiger partial charge in [0.1, 0.15) is 12.8 Å². The van der Waals surface area contributed by atoms with Crippen LogP contribution in [0.1, 0.15) is 11.7 Å². The summed E-state index contributed by atoms with van der Waals surface area (Å²) in [7, 11) is -3.40. The summed E-state index contributed by atoms with van der Waals surface area (Å²) in [5.74, 6) is -3.24. The second-order valence-corrected chi connectivity index (χ2v) is 6.34. The number of aliphatic hydroxyl groups excluding tert-OH is 1. The van der Waals surface area contributed by atoms with E-state index in [4.69, 9.17) is 5.11 Å². The second kappa shape index (κ2) is 6.64. The largest absolute Gasteiger partial charge is 0.474 e. The predicted molar refractivity (Wildman–Crippen MR) is 70.1 cm³/mol. The zero-order valence-electron chi connectivity index (χ0n) is 11.0. The number of aliphatic carboxylic acids is 1. The van der Waals surface area contributed by atoms with E-state index in [-0.39, 0.29) is 10.5 Å². The van der Waals surface area contributed by atoms with E-state index in [0.717, 1.165) is 6.26 Å². The number of alkyl halides is 1. The van der Waals surface area contributed by atoms with Crippen LogP contribution >= 0.6 is 0 Å². The Hall–Kier alpha value is -2.00. The van der Waals surface area contributed by atoms with Gasteiger partial charge in [0, 0.05) is 6.26 Å². The topological polar surface area (TPSA) is 121 Å². The van der Waals surface area contributed by atoms with Crippen molar-refractivity contribution in [2.24, 2.45) is 0 Å². The summed E-state index contributed by atoms with van der Waals surface area (Å²) < 4.78 is 35.4. The van der Waals surface area contributed by atoms with Gasteiger partial charge in [-0.25, -0.2) is 17.6 Å². The molecule has 0 bridgehead atoms. The molecule has 0 fully saturated rings. The summed E-state index contributed by atoms with van der Waals surface area (Å²) >= 11 is 0. The molecule has 0 aliphatic carbocycles. The Bertz CT molecular complexity index is 628. The van der Waals surface area contributed by atoms with Gasteiger partial charge in [-0.3, -0.25) is 4.79 Å². The third kappa shape index (κ3) is 4.50. The molecular weight excluding hydrogens is 305 g/mol. The summed E-state index contributed by atoms with van der Waals surface area (Å²) in [5.41, 5.74) is 0.149. The van der Waals surface area contributed by atoms with Crippen LogP contribution in [0, 0.1) is 0 Å². The van der Waals surface area contributed by atoms with Crippen molar-refractivity contribution >= 4 is 21.7 Å². The second-order valence-electron chi connectivity index (χ2n) is 4.33. The molecule has 1 amide bonds. The number of nitrogens with one attached hydrogen (secondary N) is 1. The average molecular weight is 319 g/mol. The molecule has 0 heterocycles. The molecule has 0 radical (unpaired) electrons. The number of carboxylic acids is 1. The molecule has 3 N–H and O–H groups in total. The van der Waals surface area contributed by atoms with Crippen LogP contribution in [-0.2, 0) is 19.4 Å². The van der Waals surface area contributed by atoms with Crippen molar-refractivity contribution in [3.8, 4) is 0 Å². The van der Waals surface area contributed by atoms with Gasteiger partial charge >= 0.3 is 11.9 Å². The van der Waals surface area contributed by atoms with Crippen molar-refractivity contribution in [2.45, 2.75) is 17.0 Å². The molecule has 1 aromatic rings. The summed E-state index contributed by atoms with van der Waals surface area (Å²) in [4.78, 5) is 21.4. The van der Waals surface area contributed by atoms with Gasteiger partial charge in [0.25, 0.3) is 0 Å². The molecule has 0 aromatic heterocycles. The van der Waals surface area contributed by atoms with Gasteiger partial charge in [-0.1, -0.05) is 12.1 Å². The molecule has 1 rings (SSSR count). The fraction of sp³-hybridized carbons (Fsp3) is 0.333. The summed E-state index contributed by atoms with van der Waals surface area (Å²) in [6.07, 6.45) is -0.498. The summed E-state index contributed by atoms with van der Waals surface area (Å²) in [5, 5.41) is 20.2. The lowest BCUT2D eigenvalue weighted by molar-refractivity contribution is -0.151. The molecule has 0 saturated carbocycles. The van der Waals surface area contributed by atoms with E-state index in [1.165, 1.54) is 24.3 Å². The highest BCUT2D eigenvalue weighted by Crippen LogP contribution is 2.19. The highest BCUT2D eigenvalue weighted by molar-refractivity contribution is 7.90. The Kier molecular flexibility index (Phi) is 5.39. The quantitative estimate of drug-likeness (QED) is 0.639. The maximum atomic E-state index is 12.8. The van der Waals surface area contributed by atoms with E-state index in [1.54, 1.807) is 0 Å². The molecule has 0 unspecified atom stereocenters. The number of hydrogen-bond acceptors (Lipinski definition) is 5. The monoisotopic (exact) mass is 319 g/mol. The van der Waals surface area contributed by atoms with Crippen LogP contribution < -0.4 is 5.32 Å². The molecule has 0 aliphatic rings. The average Bonchev–Trinajstić information content (AvgIpc) is 2.42. The fourth-order valence-corrected chi connectivity index (χ4v) is 2.21. The number of carboxylic acid groups (broad SMARTS) is 1. The van der Waals surface area contributed by atoms with Gasteiger partial charge in [0.15, 0.2) is 9.84 Å². The molecule has 21 heavy (non-hydrogen) atoms. The third-order valence-corrected chi connectivity index (χ3v) is 3.84. The van der Waals surface area contributed by atoms with E-state index in [0.29, 0.717) is 0 Å². The Morgan fingerprint density at radius 2 is 1.81 bits per heavy atom. The zero-order chi connectivity index (χ0) is 16.2. The van der Waals surface area contributed by atoms with E-state index in [2.05, 4.69) is 0 Å². The summed E-state index contributed by atoms with van der Waals surface area (Å²) in [6, 6.07) is 3.52. The highest BCUT2D eigenvalue weighted by Gasteiger charge is 2.25. The number of hydrogen-bond donors (Lipinski definition) is 3. The van der Waals surface area contributed by atoms with Crippen molar-refractivity contribution in [2.75, 3.05) is 12.9 Å². The van der Waals surface area contributed by atoms with Crippen molar-refractivity contribution in [1.29, 1.82) is 0 Å². The fourth-order valence-electron chi connectivity index (χ4n) is 1.58. The number of benzene rings is 1. The number of carbonyl (C=O) groups excluding carboxylic acids is 1. The molecule has 2 atom stereocenters. The van der Waals surface area contributed by atoms with E-state index < -0.39 is 40.5 Å². The molecule has 1 aromatic carbocycles. The first kappa shape index (κ1) is 17.1. The number of aliphatic hydroxyl groups is 1. The first-order valence-corrected chi connectivity index (χ1v) is 7.63. The van der Waals surface area contributed by atoms with Crippen molar-refractivity contribution in [3.63, 3.8) is 0 Å². The van der Waals surface area contributed by atoms with Crippen LogP contribution in [0.4, 0.5) is 4.39 Å². The third-order valence-electron chi connectivity index (χ3n) is 2.71. The van der Waals surface area contributed by atoms with Gasteiger partial charge in [-0.05, 0) is 17.7 Å². The minimum Gasteiger partial charge on any atom is -0.474 e. The van der Waals surface area contributed by atoms with Crippen molar-refractivity contribution in [1.82, 2.24) is 5.32 Å². The van der Waals surface area contributed by atoms with Crippen molar-refractivity contribution < 1.29 is 32.6 Å². The number of amides is 1. The molecule has 0 saturated heterocycles. The lowest BCUT2D eigenvalue weighted by Crippen LogP contribution is -2.44. The standard InChI is InChI=1S/C12H14FNO6S/c1-21(19,20)8-4-2-7(3-5-8)10(15)9(6-13)14-11(16)12(17)18/h2-5,9-10,15H,6H2,1H3,(H,14,16)(H,17,18)/t9-,10+/m1/s1. The Labute approximate surface area is 120 Å². The van der Waals surface area contributed by atoms with Gasteiger partial charge in [-0.2, -0.15) is 0 Å². The maximum Gasteiger partial charge on any atom is 0.394 e. The Morgan fingerprint density at radius 1 is 1.29 bits per heavy atom. The van der Waals surface area contributed by atoms with Crippen LogP contribution in [0.3, 0.4) is 0 Å². The number of halogens is 1. The first-order chi connectivity index (χ1) is 9.66. The van der Waals surface area contributed by atoms with E-state index in [1.807, 2.05) is 5.32 Å². The minimum atomic E-state index is -3.40. The molecule has 0 aliphatic heterocycles. The van der Waals surface area contributed by atoms with Gasteiger partial charge < -0.3 is 15.5 Å².